The van der Waals surface area contributed by atoms with Gasteiger partial charge in [0.25, 0.3) is 0 Å². The third-order valence-electron chi connectivity index (χ3n) is 3.02. The Labute approximate surface area is 107 Å². The first kappa shape index (κ1) is 12.8. The molecule has 0 saturated carbocycles. The maximum atomic E-state index is 13.8. The molecule has 0 saturated heterocycles. The molecule has 4 heteroatoms. The van der Waals surface area contributed by atoms with Crippen molar-refractivity contribution in [1.29, 1.82) is 0 Å². The van der Waals surface area contributed by atoms with E-state index in [9.17, 15) is 4.39 Å². The van der Waals surface area contributed by atoms with Crippen molar-refractivity contribution >= 4 is 0 Å². The largest absolute Gasteiger partial charge is 0.319 e. The van der Waals surface area contributed by atoms with E-state index in [4.69, 9.17) is 0 Å². The van der Waals surface area contributed by atoms with Gasteiger partial charge < -0.3 is 5.32 Å². The number of rotatable bonds is 5. The van der Waals surface area contributed by atoms with Crippen LogP contribution in [0.3, 0.4) is 0 Å². The summed E-state index contributed by atoms with van der Waals surface area (Å²) in [6.45, 7) is 0.734. The van der Waals surface area contributed by atoms with Gasteiger partial charge >= 0.3 is 0 Å². The summed E-state index contributed by atoms with van der Waals surface area (Å²) in [4.78, 5) is 0. The number of halogens is 1. The molecule has 18 heavy (non-hydrogen) atoms. The van der Waals surface area contributed by atoms with Gasteiger partial charge in [-0.2, -0.15) is 5.10 Å². The predicted octanol–water partition coefficient (Wildman–Crippen LogP) is 2.10. The third-order valence-corrected chi connectivity index (χ3v) is 3.02. The summed E-state index contributed by atoms with van der Waals surface area (Å²) >= 11 is 0. The van der Waals surface area contributed by atoms with E-state index in [2.05, 4.69) is 10.4 Å². The second-order valence-corrected chi connectivity index (χ2v) is 4.46. The first-order valence-electron chi connectivity index (χ1n) is 6.08. The van der Waals surface area contributed by atoms with Crippen molar-refractivity contribution in [3.8, 4) is 0 Å². The Morgan fingerprint density at radius 1 is 1.33 bits per heavy atom. The number of aromatic nitrogens is 2. The number of nitrogens with one attached hydrogen (secondary N) is 1. The quantitative estimate of drug-likeness (QED) is 0.877. The highest BCUT2D eigenvalue weighted by atomic mass is 19.1. The molecule has 0 amide bonds. The molecule has 3 nitrogen and oxygen atoms in total. The number of likely N-dealkylation sites (N-methyl/N-ethyl adjacent to an activating group) is 1. The Bertz CT molecular complexity index is 507. The van der Waals surface area contributed by atoms with Crippen molar-refractivity contribution in [1.82, 2.24) is 15.1 Å². The molecule has 96 valence electrons. The molecule has 0 aliphatic carbocycles. The Morgan fingerprint density at radius 2 is 2.11 bits per heavy atom. The van der Waals surface area contributed by atoms with E-state index < -0.39 is 0 Å². The van der Waals surface area contributed by atoms with Gasteiger partial charge in [0.1, 0.15) is 5.82 Å². The lowest BCUT2D eigenvalue weighted by Gasteiger charge is -2.16. The van der Waals surface area contributed by atoms with Crippen LogP contribution in [0.4, 0.5) is 4.39 Å². The second-order valence-electron chi connectivity index (χ2n) is 4.46. The van der Waals surface area contributed by atoms with Crippen LogP contribution in [-0.4, -0.2) is 23.4 Å². The third kappa shape index (κ3) is 2.96. The molecule has 1 aromatic carbocycles. The van der Waals surface area contributed by atoms with Crippen LogP contribution >= 0.6 is 0 Å². The van der Waals surface area contributed by atoms with Gasteiger partial charge in [-0.1, -0.05) is 18.2 Å². The number of benzene rings is 1. The second kappa shape index (κ2) is 5.78. The average Bonchev–Trinajstić information content (AvgIpc) is 2.75. The molecule has 0 aliphatic rings. The zero-order chi connectivity index (χ0) is 13.0. The zero-order valence-electron chi connectivity index (χ0n) is 10.7. The van der Waals surface area contributed by atoms with E-state index in [0.717, 1.165) is 24.2 Å². The molecule has 1 N–H and O–H groups in total. The minimum atomic E-state index is -0.145. The van der Waals surface area contributed by atoms with E-state index >= 15 is 0 Å². The van der Waals surface area contributed by atoms with Gasteiger partial charge in [-0.05, 0) is 31.2 Å². The lowest BCUT2D eigenvalue weighted by Crippen LogP contribution is -2.20. The van der Waals surface area contributed by atoms with Crippen molar-refractivity contribution in [3.05, 3.63) is 53.6 Å². The molecule has 1 atom stereocenters. The molecule has 0 fully saturated rings. The lowest BCUT2D eigenvalue weighted by molar-refractivity contribution is 0.550. The molecular formula is C14H18FN3. The summed E-state index contributed by atoms with van der Waals surface area (Å²) < 4.78 is 15.6. The molecule has 0 aliphatic heterocycles. The minimum absolute atomic E-state index is 0.103. The smallest absolute Gasteiger partial charge is 0.126 e. The van der Waals surface area contributed by atoms with Crippen LogP contribution in [-0.2, 0) is 13.5 Å². The summed E-state index contributed by atoms with van der Waals surface area (Å²) in [6, 6.07) is 8.93. The summed E-state index contributed by atoms with van der Waals surface area (Å²) in [7, 11) is 3.77. The number of hydrogen-bond acceptors (Lipinski definition) is 2. The van der Waals surface area contributed by atoms with Crippen LogP contribution in [0.2, 0.25) is 0 Å². The molecule has 0 radical (unpaired) electrons. The van der Waals surface area contributed by atoms with Gasteiger partial charge in [-0.25, -0.2) is 4.39 Å². The topological polar surface area (TPSA) is 29.9 Å². The van der Waals surface area contributed by atoms with E-state index in [1.807, 2.05) is 38.5 Å². The van der Waals surface area contributed by atoms with Crippen molar-refractivity contribution in [2.45, 2.75) is 12.3 Å². The molecular weight excluding hydrogens is 229 g/mol. The fourth-order valence-corrected chi connectivity index (χ4v) is 2.17. The fourth-order valence-electron chi connectivity index (χ4n) is 2.17. The van der Waals surface area contributed by atoms with Gasteiger partial charge in [-0.3, -0.25) is 4.68 Å². The normalized spacial score (nSPS) is 12.6. The van der Waals surface area contributed by atoms with E-state index in [1.54, 1.807) is 10.7 Å². The van der Waals surface area contributed by atoms with Gasteiger partial charge in [0.15, 0.2) is 0 Å². The van der Waals surface area contributed by atoms with Crippen LogP contribution in [0.25, 0.3) is 0 Å². The van der Waals surface area contributed by atoms with Crippen molar-refractivity contribution in [2.24, 2.45) is 7.05 Å². The van der Waals surface area contributed by atoms with Crippen LogP contribution in [0.5, 0.6) is 0 Å². The summed E-state index contributed by atoms with van der Waals surface area (Å²) in [5.41, 5.74) is 1.73. The fraction of sp³-hybridized carbons (Fsp3) is 0.357. The molecule has 0 spiro atoms. The summed E-state index contributed by atoms with van der Waals surface area (Å²) in [5.74, 6) is -0.0419. The highest BCUT2D eigenvalue weighted by Crippen LogP contribution is 2.22. The monoisotopic (exact) mass is 247 g/mol. The van der Waals surface area contributed by atoms with Gasteiger partial charge in [0.2, 0.25) is 0 Å². The highest BCUT2D eigenvalue weighted by Gasteiger charge is 2.16. The first-order chi connectivity index (χ1) is 8.70. The molecule has 1 unspecified atom stereocenters. The molecule has 2 rings (SSSR count). The van der Waals surface area contributed by atoms with Crippen molar-refractivity contribution in [2.75, 3.05) is 13.6 Å². The van der Waals surface area contributed by atoms with Crippen LogP contribution in [0.1, 0.15) is 17.2 Å². The van der Waals surface area contributed by atoms with E-state index in [0.29, 0.717) is 0 Å². The number of hydrogen-bond donors (Lipinski definition) is 1. The average molecular weight is 247 g/mol. The van der Waals surface area contributed by atoms with Crippen LogP contribution in [0.15, 0.2) is 36.5 Å². The number of nitrogens with zero attached hydrogens (tertiary/aromatic N) is 2. The first-order valence-corrected chi connectivity index (χ1v) is 6.08. The van der Waals surface area contributed by atoms with Gasteiger partial charge in [-0.15, -0.1) is 0 Å². The van der Waals surface area contributed by atoms with Crippen molar-refractivity contribution < 1.29 is 4.39 Å². The Balaban J connectivity index is 2.20. The highest BCUT2D eigenvalue weighted by molar-refractivity contribution is 5.24. The van der Waals surface area contributed by atoms with E-state index in [1.165, 1.54) is 6.07 Å². The summed E-state index contributed by atoms with van der Waals surface area (Å²) in [5, 5.41) is 7.47. The van der Waals surface area contributed by atoms with Crippen LogP contribution in [0, 0.1) is 5.82 Å². The maximum absolute atomic E-state index is 13.8. The number of aryl methyl sites for hydroxylation is 1. The van der Waals surface area contributed by atoms with Crippen molar-refractivity contribution in [3.63, 3.8) is 0 Å². The summed E-state index contributed by atoms with van der Waals surface area (Å²) in [6.07, 6.45) is 2.65. The maximum Gasteiger partial charge on any atom is 0.126 e. The zero-order valence-corrected chi connectivity index (χ0v) is 10.7. The Hall–Kier alpha value is -1.68. The van der Waals surface area contributed by atoms with Gasteiger partial charge in [0, 0.05) is 25.7 Å². The molecule has 1 aromatic heterocycles. The lowest BCUT2D eigenvalue weighted by atomic mass is 9.94. The SMILES string of the molecule is CNCC(Cc1ccn(C)n1)c1ccccc1F. The predicted molar refractivity (Wildman–Crippen MR) is 70.0 cm³/mol. The Morgan fingerprint density at radius 3 is 2.72 bits per heavy atom. The van der Waals surface area contributed by atoms with Gasteiger partial charge in [0.05, 0.1) is 5.69 Å². The molecule has 1 heterocycles. The minimum Gasteiger partial charge on any atom is -0.319 e. The Kier molecular flexibility index (Phi) is 4.10. The standard InChI is InChI=1S/C14H18FN3/c1-16-10-11(9-12-7-8-18(2)17-12)13-5-3-4-6-14(13)15/h3-8,11,16H,9-10H2,1-2H3. The van der Waals surface area contributed by atoms with E-state index in [-0.39, 0.29) is 11.7 Å². The molecule has 2 aromatic rings. The van der Waals surface area contributed by atoms with Crippen LogP contribution < -0.4 is 5.32 Å². The molecule has 0 bridgehead atoms.